The molecule has 0 unspecified atom stereocenters. The van der Waals surface area contributed by atoms with E-state index in [0.717, 1.165) is 36.2 Å². The zero-order valence-electron chi connectivity index (χ0n) is 10.8. The molecule has 1 aromatic rings. The van der Waals surface area contributed by atoms with Gasteiger partial charge in [0.1, 0.15) is 5.82 Å². The fourth-order valence-corrected chi connectivity index (χ4v) is 3.13. The number of thioether (sulfide) groups is 1. The number of nitrogens with one attached hydrogen (secondary N) is 1. The third-order valence-corrected chi connectivity index (χ3v) is 4.18. The molecule has 0 radical (unpaired) electrons. The smallest absolute Gasteiger partial charge is 0.223 e. The Morgan fingerprint density at radius 2 is 2.33 bits per heavy atom. The number of methoxy groups -OCH3 is 1. The first-order valence-electron chi connectivity index (χ1n) is 6.29. The number of rotatable bonds is 2. The van der Waals surface area contributed by atoms with E-state index in [-0.39, 0.29) is 0 Å². The standard InChI is InChI=1S/C12H18N4OS/c1-17-11-9-7-13-6-8-4-3-5-16(8)10(9)14-12(15-11)18-2/h8,13H,3-7H2,1-2H3/t8-/m0/s1. The van der Waals surface area contributed by atoms with Crippen LogP contribution in [-0.4, -0.2) is 42.5 Å². The Labute approximate surface area is 111 Å². The molecule has 0 bridgehead atoms. The van der Waals surface area contributed by atoms with Crippen molar-refractivity contribution < 1.29 is 4.74 Å². The fourth-order valence-electron chi connectivity index (χ4n) is 2.78. The molecule has 0 aromatic carbocycles. The summed E-state index contributed by atoms with van der Waals surface area (Å²) in [6.45, 7) is 2.90. The van der Waals surface area contributed by atoms with Gasteiger partial charge in [0.15, 0.2) is 5.16 Å². The van der Waals surface area contributed by atoms with E-state index in [9.17, 15) is 0 Å². The lowest BCUT2D eigenvalue weighted by Crippen LogP contribution is -2.35. The molecule has 1 N–H and O–H groups in total. The summed E-state index contributed by atoms with van der Waals surface area (Å²) in [7, 11) is 1.68. The van der Waals surface area contributed by atoms with Gasteiger partial charge in [-0.3, -0.25) is 0 Å². The molecule has 1 saturated heterocycles. The Morgan fingerprint density at radius 1 is 1.44 bits per heavy atom. The average Bonchev–Trinajstić information content (AvgIpc) is 2.80. The molecule has 5 nitrogen and oxygen atoms in total. The van der Waals surface area contributed by atoms with Crippen LogP contribution in [0.5, 0.6) is 5.88 Å². The molecule has 0 amide bonds. The van der Waals surface area contributed by atoms with E-state index >= 15 is 0 Å². The SMILES string of the molecule is COc1nc(SC)nc2c1CNC[C@@H]1CCCN21. The first-order valence-corrected chi connectivity index (χ1v) is 7.52. The fraction of sp³-hybridized carbons (Fsp3) is 0.667. The quantitative estimate of drug-likeness (QED) is 0.643. The van der Waals surface area contributed by atoms with Crippen LogP contribution in [0.4, 0.5) is 5.82 Å². The first kappa shape index (κ1) is 12.0. The molecular formula is C12H18N4OS. The number of aromatic nitrogens is 2. The number of hydrogen-bond acceptors (Lipinski definition) is 6. The van der Waals surface area contributed by atoms with Crippen LogP contribution in [0.2, 0.25) is 0 Å². The first-order chi connectivity index (χ1) is 8.83. The maximum atomic E-state index is 5.43. The van der Waals surface area contributed by atoms with Crippen molar-refractivity contribution in [3.63, 3.8) is 0 Å². The highest BCUT2D eigenvalue weighted by molar-refractivity contribution is 7.98. The minimum atomic E-state index is 0.570. The Hall–Kier alpha value is -1.01. The highest BCUT2D eigenvalue weighted by Crippen LogP contribution is 2.34. The number of hydrogen-bond donors (Lipinski definition) is 1. The molecule has 3 rings (SSSR count). The maximum Gasteiger partial charge on any atom is 0.223 e. The van der Waals surface area contributed by atoms with Crippen LogP contribution in [0.3, 0.4) is 0 Å². The van der Waals surface area contributed by atoms with E-state index in [1.54, 1.807) is 18.9 Å². The van der Waals surface area contributed by atoms with Gasteiger partial charge in [-0.2, -0.15) is 4.98 Å². The van der Waals surface area contributed by atoms with Gasteiger partial charge in [0.2, 0.25) is 5.88 Å². The molecule has 0 saturated carbocycles. The summed E-state index contributed by atoms with van der Waals surface area (Å²) in [6.07, 6.45) is 4.48. The topological polar surface area (TPSA) is 50.3 Å². The normalized spacial score (nSPS) is 22.3. The van der Waals surface area contributed by atoms with Gasteiger partial charge in [0.05, 0.1) is 12.7 Å². The second kappa shape index (κ2) is 4.93. The Kier molecular flexibility index (Phi) is 3.30. The zero-order chi connectivity index (χ0) is 12.5. The number of nitrogens with zero attached hydrogens (tertiary/aromatic N) is 3. The molecule has 18 heavy (non-hydrogen) atoms. The lowest BCUT2D eigenvalue weighted by atomic mass is 10.2. The monoisotopic (exact) mass is 266 g/mol. The van der Waals surface area contributed by atoms with Crippen molar-refractivity contribution in [3.05, 3.63) is 5.56 Å². The van der Waals surface area contributed by atoms with Crippen LogP contribution >= 0.6 is 11.8 Å². The molecule has 6 heteroatoms. The van der Waals surface area contributed by atoms with E-state index in [1.807, 2.05) is 6.26 Å². The van der Waals surface area contributed by atoms with Gasteiger partial charge < -0.3 is 15.0 Å². The molecule has 3 heterocycles. The zero-order valence-corrected chi connectivity index (χ0v) is 11.6. The van der Waals surface area contributed by atoms with Crippen LogP contribution in [0.1, 0.15) is 18.4 Å². The van der Waals surface area contributed by atoms with Crippen molar-refractivity contribution in [2.24, 2.45) is 0 Å². The van der Waals surface area contributed by atoms with E-state index in [4.69, 9.17) is 9.72 Å². The van der Waals surface area contributed by atoms with E-state index in [0.29, 0.717) is 11.9 Å². The van der Waals surface area contributed by atoms with Gasteiger partial charge in [-0.05, 0) is 19.1 Å². The molecule has 2 aliphatic rings. The molecule has 0 spiro atoms. The summed E-state index contributed by atoms with van der Waals surface area (Å²) in [5, 5.41) is 4.27. The minimum absolute atomic E-state index is 0.570. The summed E-state index contributed by atoms with van der Waals surface area (Å²) in [5.74, 6) is 1.78. The van der Waals surface area contributed by atoms with Gasteiger partial charge in [-0.15, -0.1) is 0 Å². The highest BCUT2D eigenvalue weighted by Gasteiger charge is 2.31. The average molecular weight is 266 g/mol. The highest BCUT2D eigenvalue weighted by atomic mass is 32.2. The number of anilines is 1. The van der Waals surface area contributed by atoms with Crippen LogP contribution in [0, 0.1) is 0 Å². The Morgan fingerprint density at radius 3 is 3.11 bits per heavy atom. The van der Waals surface area contributed by atoms with Gasteiger partial charge in [-0.25, -0.2) is 4.98 Å². The van der Waals surface area contributed by atoms with Crippen molar-refractivity contribution in [2.75, 3.05) is 31.4 Å². The summed E-state index contributed by atoms with van der Waals surface area (Å²) >= 11 is 1.56. The Bertz CT molecular complexity index is 454. The predicted molar refractivity (Wildman–Crippen MR) is 72.4 cm³/mol. The minimum Gasteiger partial charge on any atom is -0.481 e. The predicted octanol–water partition coefficient (Wildman–Crippen LogP) is 1.28. The summed E-state index contributed by atoms with van der Waals surface area (Å²) in [4.78, 5) is 11.6. The van der Waals surface area contributed by atoms with Gasteiger partial charge >= 0.3 is 0 Å². The molecule has 1 fully saturated rings. The van der Waals surface area contributed by atoms with Crippen molar-refractivity contribution in [2.45, 2.75) is 30.6 Å². The molecule has 1 aromatic heterocycles. The summed E-state index contributed by atoms with van der Waals surface area (Å²) in [5.41, 5.74) is 1.10. The van der Waals surface area contributed by atoms with Crippen LogP contribution < -0.4 is 15.0 Å². The van der Waals surface area contributed by atoms with Crippen LogP contribution in [0.25, 0.3) is 0 Å². The van der Waals surface area contributed by atoms with Crippen molar-refractivity contribution in [1.29, 1.82) is 0 Å². The second-order valence-electron chi connectivity index (χ2n) is 4.64. The Balaban J connectivity index is 2.10. The molecule has 2 aliphatic heterocycles. The number of fused-ring (bicyclic) bond motifs is 3. The van der Waals surface area contributed by atoms with Crippen molar-refractivity contribution in [3.8, 4) is 5.88 Å². The van der Waals surface area contributed by atoms with Crippen LogP contribution in [-0.2, 0) is 6.54 Å². The second-order valence-corrected chi connectivity index (χ2v) is 5.42. The van der Waals surface area contributed by atoms with E-state index in [1.165, 1.54) is 12.8 Å². The summed E-state index contributed by atoms with van der Waals surface area (Å²) < 4.78 is 5.43. The van der Waals surface area contributed by atoms with Crippen molar-refractivity contribution in [1.82, 2.24) is 15.3 Å². The van der Waals surface area contributed by atoms with Gasteiger partial charge in [0, 0.05) is 25.7 Å². The largest absolute Gasteiger partial charge is 0.481 e. The molecule has 1 atom stereocenters. The van der Waals surface area contributed by atoms with Gasteiger partial charge in [-0.1, -0.05) is 11.8 Å². The van der Waals surface area contributed by atoms with Crippen molar-refractivity contribution >= 4 is 17.6 Å². The molecular weight excluding hydrogens is 248 g/mol. The summed E-state index contributed by atoms with van der Waals surface area (Å²) in [6, 6.07) is 0.570. The molecule has 0 aliphatic carbocycles. The third-order valence-electron chi connectivity index (χ3n) is 3.63. The van der Waals surface area contributed by atoms with E-state index < -0.39 is 0 Å². The lowest BCUT2D eigenvalue weighted by Gasteiger charge is -2.24. The molecule has 98 valence electrons. The van der Waals surface area contributed by atoms with Crippen LogP contribution in [0.15, 0.2) is 5.16 Å². The maximum absolute atomic E-state index is 5.43. The number of ether oxygens (including phenoxy) is 1. The lowest BCUT2D eigenvalue weighted by molar-refractivity contribution is 0.385. The van der Waals surface area contributed by atoms with E-state index in [2.05, 4.69) is 15.2 Å². The third kappa shape index (κ3) is 1.93. The van der Waals surface area contributed by atoms with Gasteiger partial charge in [0.25, 0.3) is 0 Å².